The number of rotatable bonds is 9. The molecule has 8 atom stereocenters. The van der Waals surface area contributed by atoms with Gasteiger partial charge in [0.15, 0.2) is 0 Å². The van der Waals surface area contributed by atoms with Crippen molar-refractivity contribution in [3.8, 4) is 0 Å². The van der Waals surface area contributed by atoms with Crippen molar-refractivity contribution in [3.63, 3.8) is 0 Å². The number of unbranched alkanes of at least 4 members (excludes halogenated alkanes) is 3. The molecule has 8 unspecified atom stereocenters. The largest absolute Gasteiger partial charge is 0.375 e. The summed E-state index contributed by atoms with van der Waals surface area (Å²) < 4.78 is 51.0. The van der Waals surface area contributed by atoms with E-state index in [9.17, 15) is 0 Å². The van der Waals surface area contributed by atoms with Gasteiger partial charge in [0.05, 0.1) is 6.10 Å². The first-order chi connectivity index (χ1) is 14.1. The average molecular weight is 415 g/mol. The van der Waals surface area contributed by atoms with Crippen LogP contribution in [0.15, 0.2) is 11.6 Å². The van der Waals surface area contributed by atoms with E-state index >= 15 is 13.2 Å². The zero-order valence-electron chi connectivity index (χ0n) is 18.4. The van der Waals surface area contributed by atoms with Gasteiger partial charge in [0.25, 0.3) is 0 Å². The summed E-state index contributed by atoms with van der Waals surface area (Å²) in [7, 11) is 0. The third-order valence-electron chi connectivity index (χ3n) is 7.78. The first-order valence-electron chi connectivity index (χ1n) is 12.3. The van der Waals surface area contributed by atoms with E-state index in [0.29, 0.717) is 25.4 Å². The smallest absolute Gasteiger partial charge is 0.138 e. The van der Waals surface area contributed by atoms with Crippen LogP contribution in [0.1, 0.15) is 90.9 Å². The summed E-state index contributed by atoms with van der Waals surface area (Å²) in [6.45, 7) is 4.80. The molecular weight excluding hydrogens is 373 g/mol. The molecule has 0 N–H and O–H groups in total. The SMILES string of the molecule is CCCCCC1CC=C(C2CC3CCC(OCCCC)C(F)C3C(F)C2F)CC1. The lowest BCUT2D eigenvalue weighted by molar-refractivity contribution is -0.120. The molecule has 3 rings (SSSR count). The van der Waals surface area contributed by atoms with E-state index in [1.165, 1.54) is 25.7 Å². The fourth-order valence-corrected chi connectivity index (χ4v) is 5.94. The Morgan fingerprint density at radius 3 is 2.41 bits per heavy atom. The highest BCUT2D eigenvalue weighted by Gasteiger charge is 2.53. The molecule has 29 heavy (non-hydrogen) atoms. The molecule has 0 amide bonds. The fraction of sp³-hybridized carbons (Fsp3) is 0.920. The van der Waals surface area contributed by atoms with Gasteiger partial charge >= 0.3 is 0 Å². The highest BCUT2D eigenvalue weighted by Crippen LogP contribution is 2.50. The van der Waals surface area contributed by atoms with Gasteiger partial charge in [0, 0.05) is 18.4 Å². The second-order valence-corrected chi connectivity index (χ2v) is 9.77. The van der Waals surface area contributed by atoms with Crippen molar-refractivity contribution in [3.05, 3.63) is 11.6 Å². The Morgan fingerprint density at radius 2 is 1.72 bits per heavy atom. The van der Waals surface area contributed by atoms with Gasteiger partial charge in [0.2, 0.25) is 0 Å². The summed E-state index contributed by atoms with van der Waals surface area (Å²) in [4.78, 5) is 0. The lowest BCUT2D eigenvalue weighted by Crippen LogP contribution is -2.53. The molecule has 0 aromatic carbocycles. The Labute approximate surface area is 175 Å². The van der Waals surface area contributed by atoms with Gasteiger partial charge in [-0.1, -0.05) is 57.6 Å². The average Bonchev–Trinajstić information content (AvgIpc) is 2.73. The molecule has 1 nitrogen and oxygen atoms in total. The number of hydrogen-bond acceptors (Lipinski definition) is 1. The van der Waals surface area contributed by atoms with Crippen LogP contribution in [-0.2, 0) is 4.74 Å². The van der Waals surface area contributed by atoms with E-state index in [4.69, 9.17) is 4.74 Å². The zero-order valence-corrected chi connectivity index (χ0v) is 18.4. The number of hydrogen-bond donors (Lipinski definition) is 0. The van der Waals surface area contributed by atoms with Crippen molar-refractivity contribution in [2.75, 3.05) is 6.61 Å². The summed E-state index contributed by atoms with van der Waals surface area (Å²) in [6.07, 6.45) is 8.95. The minimum absolute atomic E-state index is 0.0498. The topological polar surface area (TPSA) is 9.23 Å². The standard InChI is InChI=1S/C25H41F3O/c1-3-5-7-8-17-9-11-18(12-10-17)20-16-19-13-14-21(29-15-6-4-2)24(27)22(19)25(28)23(20)26/h11,17,19-25H,3-10,12-16H2,1-2H3. The van der Waals surface area contributed by atoms with E-state index < -0.39 is 30.5 Å². The number of ether oxygens (including phenoxy) is 1. The van der Waals surface area contributed by atoms with Crippen LogP contribution < -0.4 is 0 Å². The predicted molar refractivity (Wildman–Crippen MR) is 113 cm³/mol. The minimum Gasteiger partial charge on any atom is -0.375 e. The Bertz CT molecular complexity index is 520. The summed E-state index contributed by atoms with van der Waals surface area (Å²) in [5, 5.41) is 0. The van der Waals surface area contributed by atoms with Crippen molar-refractivity contribution >= 4 is 0 Å². The molecule has 0 aromatic rings. The number of alkyl halides is 3. The molecule has 0 radical (unpaired) electrons. The Kier molecular flexibility index (Phi) is 8.95. The molecule has 4 heteroatoms. The summed E-state index contributed by atoms with van der Waals surface area (Å²) in [5.74, 6) is -0.516. The number of halogens is 3. The first-order valence-corrected chi connectivity index (χ1v) is 12.3. The van der Waals surface area contributed by atoms with Crippen molar-refractivity contribution < 1.29 is 17.9 Å². The van der Waals surface area contributed by atoms with Crippen molar-refractivity contribution in [1.29, 1.82) is 0 Å². The van der Waals surface area contributed by atoms with Crippen molar-refractivity contribution in [2.24, 2.45) is 23.7 Å². The highest BCUT2D eigenvalue weighted by molar-refractivity contribution is 5.17. The molecule has 168 valence electrons. The van der Waals surface area contributed by atoms with E-state index in [1.54, 1.807) is 0 Å². The maximum absolute atomic E-state index is 15.1. The minimum atomic E-state index is -1.70. The Hall–Kier alpha value is -0.510. The Morgan fingerprint density at radius 1 is 0.931 bits per heavy atom. The Balaban J connectivity index is 1.58. The molecule has 2 saturated carbocycles. The van der Waals surface area contributed by atoms with Gasteiger partial charge in [-0.15, -0.1) is 0 Å². The van der Waals surface area contributed by atoms with Crippen LogP contribution in [0.5, 0.6) is 0 Å². The monoisotopic (exact) mass is 414 g/mol. The van der Waals surface area contributed by atoms with Crippen molar-refractivity contribution in [1.82, 2.24) is 0 Å². The van der Waals surface area contributed by atoms with Gasteiger partial charge in [-0.25, -0.2) is 13.2 Å². The summed E-state index contributed by atoms with van der Waals surface area (Å²) in [5.41, 5.74) is 1.11. The van der Waals surface area contributed by atoms with Crippen LogP contribution in [0.4, 0.5) is 13.2 Å². The van der Waals surface area contributed by atoms with Gasteiger partial charge in [-0.3, -0.25) is 0 Å². The first kappa shape index (κ1) is 23.2. The maximum atomic E-state index is 15.1. The lowest BCUT2D eigenvalue weighted by Gasteiger charge is -2.48. The van der Waals surface area contributed by atoms with Gasteiger partial charge in [-0.05, 0) is 56.8 Å². The van der Waals surface area contributed by atoms with E-state index in [0.717, 1.165) is 44.1 Å². The molecule has 0 aromatic heterocycles. The number of fused-ring (bicyclic) bond motifs is 1. The van der Waals surface area contributed by atoms with E-state index in [-0.39, 0.29) is 11.8 Å². The molecule has 0 aliphatic heterocycles. The van der Waals surface area contributed by atoms with E-state index in [1.807, 2.05) is 0 Å². The molecule has 3 aliphatic rings. The molecular formula is C25H41F3O. The third kappa shape index (κ3) is 5.60. The normalized spacial score (nSPS) is 40.4. The fourth-order valence-electron chi connectivity index (χ4n) is 5.94. The van der Waals surface area contributed by atoms with Crippen LogP contribution in [0.25, 0.3) is 0 Å². The van der Waals surface area contributed by atoms with E-state index in [2.05, 4.69) is 19.9 Å². The molecule has 0 heterocycles. The van der Waals surface area contributed by atoms with Gasteiger partial charge < -0.3 is 4.74 Å². The van der Waals surface area contributed by atoms with Crippen LogP contribution >= 0.6 is 0 Å². The lowest BCUT2D eigenvalue weighted by atomic mass is 9.62. The predicted octanol–water partition coefficient (Wildman–Crippen LogP) is 7.54. The van der Waals surface area contributed by atoms with Crippen LogP contribution in [0.2, 0.25) is 0 Å². The molecule has 0 spiro atoms. The molecule has 3 aliphatic carbocycles. The third-order valence-corrected chi connectivity index (χ3v) is 7.78. The molecule has 0 saturated heterocycles. The summed E-state index contributed by atoms with van der Waals surface area (Å²) >= 11 is 0. The number of allylic oxidation sites excluding steroid dienone is 2. The van der Waals surface area contributed by atoms with Crippen LogP contribution in [-0.4, -0.2) is 31.2 Å². The second kappa shape index (κ2) is 11.2. The quantitative estimate of drug-likeness (QED) is 0.280. The van der Waals surface area contributed by atoms with Gasteiger partial charge in [-0.2, -0.15) is 0 Å². The highest BCUT2D eigenvalue weighted by atomic mass is 19.2. The maximum Gasteiger partial charge on any atom is 0.138 e. The molecule has 2 fully saturated rings. The van der Waals surface area contributed by atoms with Gasteiger partial charge in [0.1, 0.15) is 18.5 Å². The van der Waals surface area contributed by atoms with Crippen LogP contribution in [0, 0.1) is 23.7 Å². The van der Waals surface area contributed by atoms with Crippen molar-refractivity contribution in [2.45, 2.75) is 116 Å². The van der Waals surface area contributed by atoms with Crippen LogP contribution in [0.3, 0.4) is 0 Å². The zero-order chi connectivity index (χ0) is 20.8. The molecule has 0 bridgehead atoms. The second-order valence-electron chi connectivity index (χ2n) is 9.77. The summed E-state index contributed by atoms with van der Waals surface area (Å²) in [6, 6.07) is 0.